The van der Waals surface area contributed by atoms with Crippen molar-refractivity contribution >= 4 is 5.96 Å². The first-order chi connectivity index (χ1) is 12.5. The Balaban J connectivity index is 2.73. The van der Waals surface area contributed by atoms with E-state index in [1.165, 1.54) is 19.3 Å². The SMILES string of the molecule is CCCCCC(C)NC(=NCC(O)c1cc(OC)cc(OC)c1)NCC. The maximum atomic E-state index is 10.5. The Kier molecular flexibility index (Phi) is 10.5. The van der Waals surface area contributed by atoms with E-state index in [2.05, 4.69) is 29.5 Å². The van der Waals surface area contributed by atoms with Crippen LogP contribution in [0, 0.1) is 0 Å². The van der Waals surface area contributed by atoms with E-state index >= 15 is 0 Å². The molecule has 0 radical (unpaired) electrons. The Morgan fingerprint density at radius 2 is 1.77 bits per heavy atom. The number of aliphatic hydroxyl groups is 1. The van der Waals surface area contributed by atoms with Gasteiger partial charge >= 0.3 is 0 Å². The number of ether oxygens (including phenoxy) is 2. The fraction of sp³-hybridized carbons (Fsp3) is 0.650. The van der Waals surface area contributed by atoms with E-state index in [1.54, 1.807) is 32.4 Å². The third-order valence-corrected chi connectivity index (χ3v) is 4.15. The third kappa shape index (κ3) is 7.95. The summed E-state index contributed by atoms with van der Waals surface area (Å²) in [7, 11) is 3.19. The average molecular weight is 366 g/mol. The highest BCUT2D eigenvalue weighted by Crippen LogP contribution is 2.26. The van der Waals surface area contributed by atoms with Crippen LogP contribution in [0.4, 0.5) is 0 Å². The van der Waals surface area contributed by atoms with Gasteiger partial charge in [0.15, 0.2) is 5.96 Å². The number of unbranched alkanes of at least 4 members (excludes halogenated alkanes) is 2. The molecule has 0 saturated carbocycles. The van der Waals surface area contributed by atoms with E-state index in [0.717, 1.165) is 24.5 Å². The van der Waals surface area contributed by atoms with Crippen LogP contribution in [-0.2, 0) is 0 Å². The van der Waals surface area contributed by atoms with Crippen LogP contribution in [0.3, 0.4) is 0 Å². The van der Waals surface area contributed by atoms with E-state index < -0.39 is 6.10 Å². The van der Waals surface area contributed by atoms with Gasteiger partial charge in [-0.1, -0.05) is 26.2 Å². The van der Waals surface area contributed by atoms with Gasteiger partial charge in [0.25, 0.3) is 0 Å². The van der Waals surface area contributed by atoms with Crippen molar-refractivity contribution in [3.05, 3.63) is 23.8 Å². The summed E-state index contributed by atoms with van der Waals surface area (Å²) in [6.45, 7) is 7.43. The molecular formula is C20H35N3O3. The topological polar surface area (TPSA) is 75.1 Å². The second-order valence-electron chi connectivity index (χ2n) is 6.42. The largest absolute Gasteiger partial charge is 0.497 e. The molecule has 1 aromatic rings. The predicted octanol–water partition coefficient (Wildman–Crippen LogP) is 3.26. The Morgan fingerprint density at radius 3 is 2.31 bits per heavy atom. The summed E-state index contributed by atoms with van der Waals surface area (Å²) in [5.74, 6) is 2.03. The maximum absolute atomic E-state index is 10.5. The predicted molar refractivity (Wildman–Crippen MR) is 107 cm³/mol. The van der Waals surface area contributed by atoms with Crippen LogP contribution < -0.4 is 20.1 Å². The van der Waals surface area contributed by atoms with Gasteiger partial charge < -0.3 is 25.2 Å². The lowest BCUT2D eigenvalue weighted by atomic mass is 10.1. The van der Waals surface area contributed by atoms with Crippen molar-refractivity contribution in [2.45, 2.75) is 58.6 Å². The highest BCUT2D eigenvalue weighted by molar-refractivity contribution is 5.80. The summed E-state index contributed by atoms with van der Waals surface area (Å²) in [5, 5.41) is 17.2. The molecule has 0 aliphatic carbocycles. The normalized spacial score (nSPS) is 13.8. The highest BCUT2D eigenvalue weighted by Gasteiger charge is 2.12. The lowest BCUT2D eigenvalue weighted by Gasteiger charge is -2.18. The number of aliphatic imine (C=N–C) groups is 1. The standard InChI is InChI=1S/C20H35N3O3/c1-6-8-9-10-15(3)23-20(21-7-2)22-14-19(24)16-11-17(25-4)13-18(12-16)26-5/h11-13,15,19,24H,6-10,14H2,1-5H3,(H2,21,22,23). The number of nitrogens with one attached hydrogen (secondary N) is 2. The van der Waals surface area contributed by atoms with E-state index in [4.69, 9.17) is 9.47 Å². The quantitative estimate of drug-likeness (QED) is 0.319. The van der Waals surface area contributed by atoms with Crippen LogP contribution in [0.2, 0.25) is 0 Å². The highest BCUT2D eigenvalue weighted by atomic mass is 16.5. The molecule has 1 rings (SSSR count). The number of rotatable bonds is 11. The molecular weight excluding hydrogens is 330 g/mol. The summed E-state index contributed by atoms with van der Waals surface area (Å²) < 4.78 is 10.5. The summed E-state index contributed by atoms with van der Waals surface area (Å²) >= 11 is 0. The molecule has 0 spiro atoms. The fourth-order valence-electron chi connectivity index (χ4n) is 2.63. The second kappa shape index (κ2) is 12.4. The van der Waals surface area contributed by atoms with Crippen LogP contribution in [0.5, 0.6) is 11.5 Å². The fourth-order valence-corrected chi connectivity index (χ4v) is 2.63. The smallest absolute Gasteiger partial charge is 0.191 e. The minimum absolute atomic E-state index is 0.257. The van der Waals surface area contributed by atoms with Crippen LogP contribution in [0.1, 0.15) is 58.1 Å². The first-order valence-electron chi connectivity index (χ1n) is 9.49. The lowest BCUT2D eigenvalue weighted by molar-refractivity contribution is 0.186. The van der Waals surface area contributed by atoms with Gasteiger partial charge in [-0.15, -0.1) is 0 Å². The summed E-state index contributed by atoms with van der Waals surface area (Å²) in [4.78, 5) is 4.53. The summed E-state index contributed by atoms with van der Waals surface area (Å²) in [5.41, 5.74) is 0.719. The molecule has 1 aromatic carbocycles. The average Bonchev–Trinajstić information content (AvgIpc) is 2.65. The van der Waals surface area contributed by atoms with Crippen LogP contribution in [-0.4, -0.2) is 44.4 Å². The number of methoxy groups -OCH3 is 2. The third-order valence-electron chi connectivity index (χ3n) is 4.15. The number of hydrogen-bond acceptors (Lipinski definition) is 4. The Bertz CT molecular complexity index is 527. The molecule has 0 aliphatic rings. The summed E-state index contributed by atoms with van der Waals surface area (Å²) in [6, 6.07) is 5.73. The Labute approximate surface area is 158 Å². The zero-order valence-corrected chi connectivity index (χ0v) is 16.8. The van der Waals surface area contributed by atoms with E-state index in [1.807, 2.05) is 6.92 Å². The van der Waals surface area contributed by atoms with Crippen LogP contribution in [0.25, 0.3) is 0 Å². The maximum Gasteiger partial charge on any atom is 0.191 e. The molecule has 0 heterocycles. The van der Waals surface area contributed by atoms with Crippen molar-refractivity contribution in [3.8, 4) is 11.5 Å². The van der Waals surface area contributed by atoms with Crippen molar-refractivity contribution in [1.29, 1.82) is 0 Å². The van der Waals surface area contributed by atoms with Crippen molar-refractivity contribution in [3.63, 3.8) is 0 Å². The minimum atomic E-state index is -0.732. The molecule has 2 unspecified atom stereocenters. The van der Waals surface area contributed by atoms with Crippen LogP contribution >= 0.6 is 0 Å². The van der Waals surface area contributed by atoms with Crippen molar-refractivity contribution in [2.75, 3.05) is 27.3 Å². The van der Waals surface area contributed by atoms with Gasteiger partial charge in [0.1, 0.15) is 11.5 Å². The van der Waals surface area contributed by atoms with E-state index in [0.29, 0.717) is 17.5 Å². The van der Waals surface area contributed by atoms with Crippen molar-refractivity contribution in [1.82, 2.24) is 10.6 Å². The molecule has 26 heavy (non-hydrogen) atoms. The Morgan fingerprint density at radius 1 is 1.12 bits per heavy atom. The van der Waals surface area contributed by atoms with Gasteiger partial charge in [-0.3, -0.25) is 4.99 Å². The Hall–Kier alpha value is -1.95. The van der Waals surface area contributed by atoms with Gasteiger partial charge in [-0.05, 0) is 38.0 Å². The number of benzene rings is 1. The zero-order valence-electron chi connectivity index (χ0n) is 16.8. The van der Waals surface area contributed by atoms with Crippen molar-refractivity contribution in [2.24, 2.45) is 4.99 Å². The molecule has 0 bridgehead atoms. The number of hydrogen-bond donors (Lipinski definition) is 3. The molecule has 6 nitrogen and oxygen atoms in total. The minimum Gasteiger partial charge on any atom is -0.497 e. The van der Waals surface area contributed by atoms with Gasteiger partial charge in [0, 0.05) is 18.7 Å². The van der Waals surface area contributed by atoms with Gasteiger partial charge in [-0.25, -0.2) is 0 Å². The van der Waals surface area contributed by atoms with E-state index in [-0.39, 0.29) is 6.54 Å². The molecule has 0 saturated heterocycles. The number of aliphatic hydroxyl groups excluding tert-OH is 1. The van der Waals surface area contributed by atoms with Crippen molar-refractivity contribution < 1.29 is 14.6 Å². The summed E-state index contributed by atoms with van der Waals surface area (Å²) in [6.07, 6.45) is 4.04. The first kappa shape index (κ1) is 22.1. The number of nitrogens with zero attached hydrogens (tertiary/aromatic N) is 1. The van der Waals surface area contributed by atoms with Gasteiger partial charge in [0.2, 0.25) is 0 Å². The van der Waals surface area contributed by atoms with Gasteiger partial charge in [-0.2, -0.15) is 0 Å². The first-order valence-corrected chi connectivity index (χ1v) is 9.49. The lowest BCUT2D eigenvalue weighted by Crippen LogP contribution is -2.42. The zero-order chi connectivity index (χ0) is 19.4. The molecule has 0 aromatic heterocycles. The van der Waals surface area contributed by atoms with Gasteiger partial charge in [0.05, 0.1) is 26.9 Å². The molecule has 0 fully saturated rings. The number of guanidine groups is 1. The molecule has 2 atom stereocenters. The molecule has 3 N–H and O–H groups in total. The molecule has 148 valence electrons. The molecule has 6 heteroatoms. The molecule has 0 amide bonds. The molecule has 0 aliphatic heterocycles. The second-order valence-corrected chi connectivity index (χ2v) is 6.42. The van der Waals surface area contributed by atoms with E-state index in [9.17, 15) is 5.11 Å². The monoisotopic (exact) mass is 365 g/mol. The van der Waals surface area contributed by atoms with Crippen LogP contribution in [0.15, 0.2) is 23.2 Å².